The Bertz CT molecular complexity index is 772. The Morgan fingerprint density at radius 1 is 1.15 bits per heavy atom. The van der Waals surface area contributed by atoms with Gasteiger partial charge in [-0.1, -0.05) is 30.3 Å². The van der Waals surface area contributed by atoms with E-state index in [4.69, 9.17) is 5.73 Å². The number of halogens is 1. The van der Waals surface area contributed by atoms with Crippen LogP contribution in [0.1, 0.15) is 29.2 Å². The summed E-state index contributed by atoms with van der Waals surface area (Å²) >= 11 is 0. The highest BCUT2D eigenvalue weighted by Gasteiger charge is 2.20. The first-order valence-electron chi connectivity index (χ1n) is 8.98. The highest BCUT2D eigenvalue weighted by atomic mass is 127. The number of hydrogen-bond acceptors (Lipinski definition) is 2. The van der Waals surface area contributed by atoms with Crippen LogP contribution in [0.2, 0.25) is 0 Å². The average molecular weight is 464 g/mol. The second kappa shape index (κ2) is 9.37. The molecular weight excluding hydrogens is 435 g/mol. The average Bonchev–Trinajstić information content (AvgIpc) is 2.62. The van der Waals surface area contributed by atoms with E-state index in [1.54, 1.807) is 0 Å². The van der Waals surface area contributed by atoms with Gasteiger partial charge in [-0.25, -0.2) is 0 Å². The smallest absolute Gasteiger partial charge is 0.193 e. The van der Waals surface area contributed by atoms with Crippen LogP contribution in [0, 0.1) is 13.8 Å². The number of fused-ring (bicyclic) bond motifs is 1. The Hall–Kier alpha value is -1.60. The molecule has 1 atom stereocenters. The summed E-state index contributed by atoms with van der Waals surface area (Å²) in [7, 11) is 0. The predicted octanol–water partition coefficient (Wildman–Crippen LogP) is 4.09. The van der Waals surface area contributed by atoms with Crippen molar-refractivity contribution in [3.05, 3.63) is 64.7 Å². The fraction of sp³-hybridized carbons (Fsp3) is 0.381. The Morgan fingerprint density at radius 2 is 1.88 bits per heavy atom. The van der Waals surface area contributed by atoms with Crippen molar-refractivity contribution in [1.29, 1.82) is 0 Å². The van der Waals surface area contributed by atoms with E-state index in [9.17, 15) is 0 Å². The molecule has 0 aromatic heterocycles. The molecule has 4 nitrogen and oxygen atoms in total. The third-order valence-electron chi connectivity index (χ3n) is 5.09. The van der Waals surface area contributed by atoms with Gasteiger partial charge in [0, 0.05) is 24.8 Å². The van der Waals surface area contributed by atoms with E-state index in [2.05, 4.69) is 72.4 Å². The molecule has 0 saturated heterocycles. The number of aliphatic imine (C=N–C) groups is 1. The zero-order chi connectivity index (χ0) is 17.8. The molecule has 0 saturated carbocycles. The van der Waals surface area contributed by atoms with Crippen LogP contribution in [0.4, 0.5) is 5.69 Å². The van der Waals surface area contributed by atoms with Crippen LogP contribution in [0.5, 0.6) is 0 Å². The second-order valence-electron chi connectivity index (χ2n) is 6.99. The quantitative estimate of drug-likeness (QED) is 0.407. The minimum absolute atomic E-state index is 0. The van der Waals surface area contributed by atoms with Crippen molar-refractivity contribution in [3.8, 4) is 0 Å². The first-order chi connectivity index (χ1) is 12.0. The molecule has 1 unspecified atom stereocenters. The van der Waals surface area contributed by atoms with E-state index < -0.39 is 0 Å². The van der Waals surface area contributed by atoms with Crippen molar-refractivity contribution in [1.82, 2.24) is 4.90 Å². The Morgan fingerprint density at radius 3 is 2.62 bits per heavy atom. The Balaban J connectivity index is 0.00000243. The molecule has 5 heteroatoms. The molecule has 1 heterocycles. The number of nitrogens with two attached hydrogens (primary N) is 1. The van der Waals surface area contributed by atoms with E-state index in [0.29, 0.717) is 18.5 Å². The van der Waals surface area contributed by atoms with Crippen LogP contribution in [0.25, 0.3) is 0 Å². The van der Waals surface area contributed by atoms with Gasteiger partial charge in [0.05, 0.1) is 6.54 Å². The van der Waals surface area contributed by atoms with Gasteiger partial charge in [-0.3, -0.25) is 9.89 Å². The molecule has 3 rings (SSSR count). The Kier molecular flexibility index (Phi) is 7.46. The topological polar surface area (TPSA) is 53.6 Å². The van der Waals surface area contributed by atoms with Gasteiger partial charge in [-0.15, -0.1) is 24.0 Å². The molecule has 0 aliphatic carbocycles. The summed E-state index contributed by atoms with van der Waals surface area (Å²) in [5.74, 6) is 0.479. The van der Waals surface area contributed by atoms with Gasteiger partial charge in [0.25, 0.3) is 0 Å². The number of hydrogen-bond donors (Lipinski definition) is 2. The molecule has 0 radical (unpaired) electrons. The molecule has 0 fully saturated rings. The van der Waals surface area contributed by atoms with Gasteiger partial charge >= 0.3 is 0 Å². The fourth-order valence-electron chi connectivity index (χ4n) is 3.25. The number of guanidine groups is 1. The van der Waals surface area contributed by atoms with Crippen LogP contribution in [0.15, 0.2) is 47.5 Å². The molecule has 2 aromatic rings. The first kappa shape index (κ1) is 20.7. The normalized spacial score (nSPS) is 15.7. The number of rotatable bonds is 4. The maximum Gasteiger partial charge on any atom is 0.193 e. The minimum Gasteiger partial charge on any atom is -0.370 e. The second-order valence-corrected chi connectivity index (χ2v) is 6.99. The van der Waals surface area contributed by atoms with Crippen molar-refractivity contribution in [2.24, 2.45) is 10.7 Å². The lowest BCUT2D eigenvalue weighted by molar-refractivity contribution is 0.195. The molecule has 0 amide bonds. The van der Waals surface area contributed by atoms with Gasteiger partial charge in [0.15, 0.2) is 5.96 Å². The van der Waals surface area contributed by atoms with Crippen LogP contribution >= 0.6 is 24.0 Å². The van der Waals surface area contributed by atoms with Crippen LogP contribution in [-0.2, 0) is 13.0 Å². The van der Waals surface area contributed by atoms with Crippen LogP contribution < -0.4 is 11.1 Å². The van der Waals surface area contributed by atoms with E-state index in [1.165, 1.54) is 22.3 Å². The van der Waals surface area contributed by atoms with Gasteiger partial charge in [-0.2, -0.15) is 0 Å². The van der Waals surface area contributed by atoms with E-state index in [1.807, 2.05) is 6.07 Å². The van der Waals surface area contributed by atoms with Gasteiger partial charge in [-0.05, 0) is 61.6 Å². The lowest BCUT2D eigenvalue weighted by Crippen LogP contribution is -2.39. The molecule has 0 bridgehead atoms. The van der Waals surface area contributed by atoms with Crippen molar-refractivity contribution < 1.29 is 0 Å². The molecule has 140 valence electrons. The first-order valence-corrected chi connectivity index (χ1v) is 8.98. The summed E-state index contributed by atoms with van der Waals surface area (Å²) in [4.78, 5) is 7.03. The molecular formula is C21H29IN4. The lowest BCUT2D eigenvalue weighted by Gasteiger charge is -2.33. The standard InChI is InChI=1S/C21H28N4.HI/c1-15-8-9-20(12-16(15)2)24-21(22)23-13-17(3)25-11-10-18-6-4-5-7-19(18)14-25;/h4-9,12,17H,10-11,13-14H2,1-3H3,(H3,22,23,24);1H. The molecule has 3 N–H and O–H groups in total. The minimum atomic E-state index is 0. The van der Waals surface area contributed by atoms with E-state index in [-0.39, 0.29) is 24.0 Å². The third-order valence-corrected chi connectivity index (χ3v) is 5.09. The van der Waals surface area contributed by atoms with E-state index >= 15 is 0 Å². The maximum atomic E-state index is 6.07. The third kappa shape index (κ3) is 5.20. The number of aryl methyl sites for hydroxylation is 2. The summed E-state index contributed by atoms with van der Waals surface area (Å²) < 4.78 is 0. The summed E-state index contributed by atoms with van der Waals surface area (Å²) in [5.41, 5.74) is 12.5. The predicted molar refractivity (Wildman–Crippen MR) is 121 cm³/mol. The summed E-state index contributed by atoms with van der Waals surface area (Å²) in [6.45, 7) is 9.21. The molecule has 1 aliphatic heterocycles. The summed E-state index contributed by atoms with van der Waals surface area (Å²) in [6.07, 6.45) is 1.11. The number of nitrogens with zero attached hydrogens (tertiary/aromatic N) is 2. The molecule has 0 spiro atoms. The van der Waals surface area contributed by atoms with Gasteiger partial charge < -0.3 is 11.1 Å². The van der Waals surface area contributed by atoms with Gasteiger partial charge in [0.2, 0.25) is 0 Å². The van der Waals surface area contributed by atoms with Crippen LogP contribution in [-0.4, -0.2) is 30.0 Å². The zero-order valence-corrected chi connectivity index (χ0v) is 18.2. The largest absolute Gasteiger partial charge is 0.370 e. The SMILES string of the molecule is Cc1ccc(NC(N)=NCC(C)N2CCc3ccccc3C2)cc1C.I. The Labute approximate surface area is 173 Å². The maximum absolute atomic E-state index is 6.07. The van der Waals surface area contributed by atoms with Crippen molar-refractivity contribution in [2.75, 3.05) is 18.4 Å². The summed E-state index contributed by atoms with van der Waals surface area (Å²) in [6, 6.07) is 15.3. The summed E-state index contributed by atoms with van der Waals surface area (Å²) in [5, 5.41) is 3.19. The highest BCUT2D eigenvalue weighted by molar-refractivity contribution is 14.0. The number of anilines is 1. The van der Waals surface area contributed by atoms with Crippen LogP contribution in [0.3, 0.4) is 0 Å². The van der Waals surface area contributed by atoms with E-state index in [0.717, 1.165) is 25.2 Å². The number of benzene rings is 2. The fourth-order valence-corrected chi connectivity index (χ4v) is 3.25. The van der Waals surface area contributed by atoms with Crippen molar-refractivity contribution >= 4 is 35.6 Å². The van der Waals surface area contributed by atoms with Crippen molar-refractivity contribution in [3.63, 3.8) is 0 Å². The lowest BCUT2D eigenvalue weighted by atomic mass is 9.99. The zero-order valence-electron chi connectivity index (χ0n) is 15.8. The molecule has 1 aliphatic rings. The van der Waals surface area contributed by atoms with Gasteiger partial charge in [0.1, 0.15) is 0 Å². The van der Waals surface area contributed by atoms with Crippen molar-refractivity contribution in [2.45, 2.75) is 39.8 Å². The number of nitrogens with one attached hydrogen (secondary N) is 1. The monoisotopic (exact) mass is 464 g/mol. The highest BCUT2D eigenvalue weighted by Crippen LogP contribution is 2.20. The molecule has 26 heavy (non-hydrogen) atoms. The molecule has 2 aromatic carbocycles.